The van der Waals surface area contributed by atoms with Crippen LogP contribution in [0.5, 0.6) is 17.2 Å². The average molecular weight is 544 g/mol. The van der Waals surface area contributed by atoms with Crippen LogP contribution in [-0.2, 0) is 9.59 Å². The maximum atomic E-state index is 14.9. The lowest BCUT2D eigenvalue weighted by atomic mass is 9.94. The number of anilines is 1. The molecule has 3 aromatic rings. The molecule has 0 saturated carbocycles. The number of amides is 1. The molecule has 1 heterocycles. The van der Waals surface area contributed by atoms with E-state index in [2.05, 4.69) is 0 Å². The highest BCUT2D eigenvalue weighted by molar-refractivity contribution is 6.51. The summed E-state index contributed by atoms with van der Waals surface area (Å²) in [6, 6.07) is 10.4. The van der Waals surface area contributed by atoms with Crippen molar-refractivity contribution in [1.82, 2.24) is 0 Å². The van der Waals surface area contributed by atoms with E-state index in [0.717, 1.165) is 17.0 Å². The first-order valence-electron chi connectivity index (χ1n) is 11.7. The van der Waals surface area contributed by atoms with Gasteiger partial charge < -0.3 is 19.3 Å². The van der Waals surface area contributed by atoms with Crippen LogP contribution in [0, 0.1) is 11.6 Å². The van der Waals surface area contributed by atoms with Crippen molar-refractivity contribution in [3.63, 3.8) is 0 Å². The van der Waals surface area contributed by atoms with E-state index < -0.39 is 35.1 Å². The predicted octanol–water partition coefficient (Wildman–Crippen LogP) is 6.05. The molecule has 0 aromatic heterocycles. The quantitative estimate of drug-likeness (QED) is 0.211. The summed E-state index contributed by atoms with van der Waals surface area (Å²) in [6.45, 7) is 4.11. The lowest BCUT2D eigenvalue weighted by Crippen LogP contribution is -2.30. The van der Waals surface area contributed by atoms with Crippen molar-refractivity contribution in [3.05, 3.63) is 88.0 Å². The number of methoxy groups -OCH3 is 1. The number of halogens is 3. The van der Waals surface area contributed by atoms with Gasteiger partial charge in [0.25, 0.3) is 11.7 Å². The molecule has 1 saturated heterocycles. The molecule has 7 nitrogen and oxygen atoms in total. The van der Waals surface area contributed by atoms with Crippen LogP contribution in [0.2, 0.25) is 5.02 Å². The molecule has 1 aliphatic rings. The largest absolute Gasteiger partial charge is 0.507 e. The van der Waals surface area contributed by atoms with Crippen LogP contribution in [0.1, 0.15) is 31.0 Å². The smallest absolute Gasteiger partial charge is 0.300 e. The van der Waals surface area contributed by atoms with Gasteiger partial charge in [-0.1, -0.05) is 17.7 Å². The van der Waals surface area contributed by atoms with Gasteiger partial charge in [0.05, 0.1) is 42.6 Å². The zero-order chi connectivity index (χ0) is 27.6. The summed E-state index contributed by atoms with van der Waals surface area (Å²) < 4.78 is 45.1. The van der Waals surface area contributed by atoms with E-state index in [9.17, 15) is 23.5 Å². The van der Waals surface area contributed by atoms with E-state index in [4.69, 9.17) is 25.8 Å². The van der Waals surface area contributed by atoms with Crippen LogP contribution in [0.4, 0.5) is 14.5 Å². The molecule has 1 unspecified atom stereocenters. The topological polar surface area (TPSA) is 85.3 Å². The van der Waals surface area contributed by atoms with Gasteiger partial charge in [-0.15, -0.1) is 0 Å². The Morgan fingerprint density at radius 2 is 1.66 bits per heavy atom. The van der Waals surface area contributed by atoms with Crippen LogP contribution in [0.15, 0.2) is 60.2 Å². The minimum Gasteiger partial charge on any atom is -0.507 e. The van der Waals surface area contributed by atoms with Crippen LogP contribution < -0.4 is 19.1 Å². The minimum absolute atomic E-state index is 0.152. The first-order chi connectivity index (χ1) is 18.2. The van der Waals surface area contributed by atoms with Gasteiger partial charge in [-0.3, -0.25) is 14.5 Å². The van der Waals surface area contributed by atoms with Crippen molar-refractivity contribution in [1.29, 1.82) is 0 Å². The summed E-state index contributed by atoms with van der Waals surface area (Å²) in [4.78, 5) is 27.5. The fourth-order valence-corrected chi connectivity index (χ4v) is 4.45. The zero-order valence-corrected chi connectivity index (χ0v) is 21.5. The van der Waals surface area contributed by atoms with Crippen molar-refractivity contribution >= 4 is 34.7 Å². The van der Waals surface area contributed by atoms with E-state index in [1.165, 1.54) is 31.4 Å². The second-order valence-corrected chi connectivity index (χ2v) is 8.59. The molecule has 10 heteroatoms. The predicted molar refractivity (Wildman–Crippen MR) is 138 cm³/mol. The van der Waals surface area contributed by atoms with Gasteiger partial charge in [-0.25, -0.2) is 8.78 Å². The van der Waals surface area contributed by atoms with E-state index in [1.54, 1.807) is 26.0 Å². The summed E-state index contributed by atoms with van der Waals surface area (Å²) in [5.41, 5.74) is -0.176. The molecule has 0 spiro atoms. The standard InChI is InChI=1S/C28H24ClF2NO6/c1-4-37-22-13-16(6-9-18(22)29)26(33)24-25(15-7-11-21(36-3)23(12-15)38-5-2)32(28(35)27(24)34)20-10-8-17(30)14-19(20)31/h6-14,25,33H,4-5H2,1-3H3/b26-24+. The number of carbonyl (C=O) groups is 2. The van der Waals surface area contributed by atoms with Crippen LogP contribution >= 0.6 is 11.6 Å². The number of carbonyl (C=O) groups excluding carboxylic acids is 2. The van der Waals surface area contributed by atoms with Gasteiger partial charge in [0.2, 0.25) is 0 Å². The number of rotatable bonds is 8. The Morgan fingerprint density at radius 1 is 0.947 bits per heavy atom. The van der Waals surface area contributed by atoms with Crippen LogP contribution in [0.3, 0.4) is 0 Å². The number of aliphatic hydroxyl groups is 1. The summed E-state index contributed by atoms with van der Waals surface area (Å²) in [7, 11) is 1.45. The molecule has 4 rings (SSSR count). The Hall–Kier alpha value is -4.11. The van der Waals surface area contributed by atoms with E-state index in [0.29, 0.717) is 29.7 Å². The second kappa shape index (κ2) is 11.1. The maximum absolute atomic E-state index is 14.9. The number of benzene rings is 3. The highest BCUT2D eigenvalue weighted by Gasteiger charge is 2.48. The van der Waals surface area contributed by atoms with Gasteiger partial charge in [0, 0.05) is 11.6 Å². The lowest BCUT2D eigenvalue weighted by Gasteiger charge is -2.26. The van der Waals surface area contributed by atoms with Crippen molar-refractivity contribution in [3.8, 4) is 17.2 Å². The van der Waals surface area contributed by atoms with Crippen LogP contribution in [0.25, 0.3) is 5.76 Å². The molecule has 1 atom stereocenters. The van der Waals surface area contributed by atoms with E-state index >= 15 is 0 Å². The molecule has 0 aliphatic carbocycles. The number of ketones is 1. The first kappa shape index (κ1) is 26.9. The summed E-state index contributed by atoms with van der Waals surface area (Å²) in [6.07, 6.45) is 0. The summed E-state index contributed by atoms with van der Waals surface area (Å²) in [5.74, 6) is -3.64. The van der Waals surface area contributed by atoms with Crippen molar-refractivity contribution in [2.75, 3.05) is 25.2 Å². The fourth-order valence-electron chi connectivity index (χ4n) is 4.28. The number of aliphatic hydroxyl groups excluding tert-OH is 1. The highest BCUT2D eigenvalue weighted by atomic mass is 35.5. The van der Waals surface area contributed by atoms with E-state index in [-0.39, 0.29) is 34.2 Å². The number of hydrogen-bond acceptors (Lipinski definition) is 6. The molecule has 0 radical (unpaired) electrons. The summed E-state index contributed by atoms with van der Waals surface area (Å²) in [5, 5.41) is 11.6. The average Bonchev–Trinajstić information content (AvgIpc) is 3.15. The summed E-state index contributed by atoms with van der Waals surface area (Å²) >= 11 is 6.17. The normalized spacial score (nSPS) is 16.6. The minimum atomic E-state index is -1.29. The van der Waals surface area contributed by atoms with E-state index in [1.807, 2.05) is 0 Å². The first-order valence-corrected chi connectivity index (χ1v) is 12.1. The second-order valence-electron chi connectivity index (χ2n) is 8.19. The maximum Gasteiger partial charge on any atom is 0.300 e. The number of nitrogens with zero attached hydrogens (tertiary/aromatic N) is 1. The molecule has 198 valence electrons. The third kappa shape index (κ3) is 4.89. The number of hydrogen-bond donors (Lipinski definition) is 1. The van der Waals surface area contributed by atoms with Crippen LogP contribution in [-0.4, -0.2) is 37.1 Å². The molecule has 38 heavy (non-hydrogen) atoms. The van der Waals surface area contributed by atoms with Gasteiger partial charge in [-0.05, 0) is 61.9 Å². The molecule has 3 aromatic carbocycles. The van der Waals surface area contributed by atoms with Crippen molar-refractivity contribution in [2.45, 2.75) is 19.9 Å². The van der Waals surface area contributed by atoms with Crippen molar-refractivity contribution in [2.24, 2.45) is 0 Å². The Balaban J connectivity index is 1.98. The molecule has 0 bridgehead atoms. The van der Waals surface area contributed by atoms with Crippen molar-refractivity contribution < 1.29 is 37.7 Å². The SMILES string of the molecule is CCOc1cc(/C(O)=C2\C(=O)C(=O)N(c3ccc(F)cc3F)C2c2ccc(OC)c(OCC)c2)ccc1Cl. The number of Topliss-reactive ketones (excluding diaryl/α,β-unsaturated/α-hetero) is 1. The fraction of sp³-hybridized carbons (Fsp3) is 0.214. The molecule has 1 fully saturated rings. The highest BCUT2D eigenvalue weighted by Crippen LogP contribution is 2.45. The Morgan fingerprint density at radius 3 is 2.32 bits per heavy atom. The lowest BCUT2D eigenvalue weighted by molar-refractivity contribution is -0.132. The molecule has 1 aliphatic heterocycles. The molecule has 1 N–H and O–H groups in total. The Bertz CT molecular complexity index is 1440. The van der Waals surface area contributed by atoms with Gasteiger partial charge in [0.15, 0.2) is 11.5 Å². The zero-order valence-electron chi connectivity index (χ0n) is 20.8. The number of ether oxygens (including phenoxy) is 3. The van der Waals surface area contributed by atoms with Gasteiger partial charge >= 0.3 is 0 Å². The third-order valence-corrected chi connectivity index (χ3v) is 6.23. The van der Waals surface area contributed by atoms with Gasteiger partial charge in [0.1, 0.15) is 23.1 Å². The molecular formula is C28H24ClF2NO6. The monoisotopic (exact) mass is 543 g/mol. The van der Waals surface area contributed by atoms with Gasteiger partial charge in [-0.2, -0.15) is 0 Å². The third-order valence-electron chi connectivity index (χ3n) is 5.92. The molecule has 1 amide bonds. The Kier molecular flexibility index (Phi) is 7.87. The Labute approximate surface area is 222 Å². The molecular weight excluding hydrogens is 520 g/mol.